The summed E-state index contributed by atoms with van der Waals surface area (Å²) < 4.78 is 12.3. The van der Waals surface area contributed by atoms with Crippen molar-refractivity contribution in [2.75, 3.05) is 27.2 Å². The third-order valence-corrected chi connectivity index (χ3v) is 9.67. The summed E-state index contributed by atoms with van der Waals surface area (Å²) in [5.41, 5.74) is 1.23. The molecule has 0 radical (unpaired) electrons. The molecular weight excluding hydrogens is 631 g/mol. The molecule has 1 aromatic carbocycles. The van der Waals surface area contributed by atoms with E-state index in [9.17, 15) is 9.59 Å². The van der Waals surface area contributed by atoms with Crippen molar-refractivity contribution in [1.82, 2.24) is 0 Å². The number of carbonyl (C=O) groups excluding carboxylic acids is 2. The van der Waals surface area contributed by atoms with Crippen molar-refractivity contribution in [2.24, 2.45) is 0 Å². The molecule has 0 saturated heterocycles. The Bertz CT molecular complexity index is 1000. The van der Waals surface area contributed by atoms with Gasteiger partial charge in [0.2, 0.25) is 0 Å². The van der Waals surface area contributed by atoms with Crippen LogP contribution < -0.4 is 0 Å². The number of unbranched alkanes of at least 4 members (excludes halogenated alkanes) is 20. The fourth-order valence-corrected chi connectivity index (χ4v) is 6.65. The number of esters is 2. The molecule has 5 heteroatoms. The van der Waals surface area contributed by atoms with Crippen LogP contribution in [0.25, 0.3) is 0 Å². The molecule has 0 amide bonds. The summed E-state index contributed by atoms with van der Waals surface area (Å²) in [6.07, 6.45) is 38.9. The van der Waals surface area contributed by atoms with Crippen molar-refractivity contribution in [2.45, 2.75) is 193 Å². The molecule has 0 bridgehead atoms. The fourth-order valence-electron chi connectivity index (χ4n) is 6.65. The minimum absolute atomic E-state index is 0.121. The van der Waals surface area contributed by atoms with Crippen molar-refractivity contribution in [3.8, 4) is 0 Å². The van der Waals surface area contributed by atoms with Gasteiger partial charge in [-0.05, 0) is 64.2 Å². The number of nitrogens with zero attached hydrogens (tertiary/aromatic N) is 1. The van der Waals surface area contributed by atoms with E-state index in [-0.39, 0.29) is 18.5 Å². The van der Waals surface area contributed by atoms with Crippen molar-refractivity contribution in [3.05, 3.63) is 60.2 Å². The van der Waals surface area contributed by atoms with Gasteiger partial charge in [-0.25, -0.2) is 0 Å². The van der Waals surface area contributed by atoms with Crippen LogP contribution in [0.4, 0.5) is 0 Å². The Kier molecular flexibility index (Phi) is 30.6. The Morgan fingerprint density at radius 1 is 0.569 bits per heavy atom. The number of ether oxygens (including phenoxy) is 2. The summed E-state index contributed by atoms with van der Waals surface area (Å²) in [5, 5.41) is 0. The summed E-state index contributed by atoms with van der Waals surface area (Å²) in [4.78, 5) is 25.5. The maximum Gasteiger partial charge on any atom is 0.306 e. The molecule has 1 atom stereocenters. The molecule has 0 fully saturated rings. The summed E-state index contributed by atoms with van der Waals surface area (Å²) in [6.45, 7) is 6.05. The molecule has 1 rings (SSSR count). The van der Waals surface area contributed by atoms with E-state index in [1.54, 1.807) is 0 Å². The van der Waals surface area contributed by atoms with E-state index in [4.69, 9.17) is 9.47 Å². The molecule has 0 N–H and O–H groups in total. The highest BCUT2D eigenvalue weighted by molar-refractivity contribution is 5.70. The van der Waals surface area contributed by atoms with Crippen LogP contribution in [-0.2, 0) is 25.6 Å². The molecule has 0 spiro atoms. The maximum atomic E-state index is 12.9. The van der Waals surface area contributed by atoms with Gasteiger partial charge < -0.3 is 14.0 Å². The van der Waals surface area contributed by atoms with E-state index in [0.717, 1.165) is 57.9 Å². The normalized spacial score (nSPS) is 12.5. The van der Waals surface area contributed by atoms with Crippen LogP contribution in [0.1, 0.15) is 186 Å². The van der Waals surface area contributed by atoms with Gasteiger partial charge in [-0.15, -0.1) is 0 Å². The first-order valence-corrected chi connectivity index (χ1v) is 21.4. The Hall–Kier alpha value is -2.40. The topological polar surface area (TPSA) is 52.6 Å². The van der Waals surface area contributed by atoms with E-state index >= 15 is 0 Å². The standard InChI is InChI=1S/C46H80NO4/c1-5-7-9-11-13-15-17-19-21-23-25-27-29-34-38-45(48)50-42-44(41-47(3,4)40-43-36-32-31-33-37-43)51-46(49)39-35-30-28-26-24-22-20-18-16-14-12-10-8-6-2/h19-22,31-33,36-37,44H,5-18,23-30,34-35,38-42H2,1-4H3/q+1/b21-19-,22-20-. The van der Waals surface area contributed by atoms with Gasteiger partial charge >= 0.3 is 11.9 Å². The molecule has 0 aliphatic carbocycles. The SMILES string of the molecule is CCCCCCCC/C=C\CCCCCCC(=O)OCC(C[N+](C)(C)Cc1ccccc1)OC(=O)CCCCCC/C=C\CCCCCCCC. The third kappa shape index (κ3) is 30.9. The molecule has 0 aliphatic rings. The van der Waals surface area contributed by atoms with Gasteiger partial charge in [0.25, 0.3) is 0 Å². The van der Waals surface area contributed by atoms with Crippen molar-refractivity contribution < 1.29 is 23.5 Å². The zero-order valence-electron chi connectivity index (χ0n) is 33.9. The minimum atomic E-state index is -0.458. The molecule has 292 valence electrons. The number of allylic oxidation sites excluding steroid dienone is 4. The average Bonchev–Trinajstić information content (AvgIpc) is 3.11. The van der Waals surface area contributed by atoms with Crippen LogP contribution in [0.2, 0.25) is 0 Å². The highest BCUT2D eigenvalue weighted by Crippen LogP contribution is 2.15. The molecular formula is C46H80NO4+. The summed E-state index contributed by atoms with van der Waals surface area (Å²) in [5.74, 6) is -0.375. The number of hydrogen-bond acceptors (Lipinski definition) is 4. The largest absolute Gasteiger partial charge is 0.461 e. The van der Waals surface area contributed by atoms with Crippen LogP contribution >= 0.6 is 0 Å². The average molecular weight is 711 g/mol. The zero-order chi connectivity index (χ0) is 37.1. The quantitative estimate of drug-likeness (QED) is 0.0304. The summed E-state index contributed by atoms with van der Waals surface area (Å²) >= 11 is 0. The second-order valence-electron chi connectivity index (χ2n) is 15.5. The monoisotopic (exact) mass is 711 g/mol. The van der Waals surface area contributed by atoms with Crippen LogP contribution in [0.5, 0.6) is 0 Å². The van der Waals surface area contributed by atoms with Gasteiger partial charge in [0.1, 0.15) is 19.7 Å². The zero-order valence-corrected chi connectivity index (χ0v) is 33.9. The number of carbonyl (C=O) groups is 2. The molecule has 51 heavy (non-hydrogen) atoms. The van der Waals surface area contributed by atoms with E-state index in [1.165, 1.54) is 108 Å². The first-order chi connectivity index (χ1) is 24.9. The van der Waals surface area contributed by atoms with Gasteiger partial charge in [0, 0.05) is 18.4 Å². The smallest absolute Gasteiger partial charge is 0.306 e. The predicted molar refractivity (Wildman–Crippen MR) is 218 cm³/mol. The molecule has 0 aromatic heterocycles. The van der Waals surface area contributed by atoms with Gasteiger partial charge in [0.15, 0.2) is 6.10 Å². The lowest BCUT2D eigenvalue weighted by molar-refractivity contribution is -0.906. The Morgan fingerprint density at radius 3 is 1.45 bits per heavy atom. The lowest BCUT2D eigenvalue weighted by Gasteiger charge is -2.33. The highest BCUT2D eigenvalue weighted by Gasteiger charge is 2.27. The van der Waals surface area contributed by atoms with Gasteiger partial charge in [-0.3, -0.25) is 9.59 Å². The van der Waals surface area contributed by atoms with E-state index in [2.05, 4.69) is 76.5 Å². The predicted octanol–water partition coefficient (Wildman–Crippen LogP) is 13.0. The third-order valence-electron chi connectivity index (χ3n) is 9.67. The van der Waals surface area contributed by atoms with Crippen LogP contribution in [0.15, 0.2) is 54.6 Å². The summed E-state index contributed by atoms with van der Waals surface area (Å²) in [6, 6.07) is 10.4. The van der Waals surface area contributed by atoms with E-state index in [1.807, 2.05) is 6.07 Å². The molecule has 0 heterocycles. The second-order valence-corrected chi connectivity index (χ2v) is 15.5. The number of rotatable bonds is 35. The summed E-state index contributed by atoms with van der Waals surface area (Å²) in [7, 11) is 4.28. The van der Waals surface area contributed by atoms with Gasteiger partial charge in [-0.1, -0.05) is 158 Å². The Morgan fingerprint density at radius 2 is 0.980 bits per heavy atom. The van der Waals surface area contributed by atoms with Crippen molar-refractivity contribution in [3.63, 3.8) is 0 Å². The lowest BCUT2D eigenvalue weighted by atomic mass is 10.1. The van der Waals surface area contributed by atoms with Crippen molar-refractivity contribution in [1.29, 1.82) is 0 Å². The number of quaternary nitrogens is 1. The first kappa shape index (κ1) is 46.6. The Balaban J connectivity index is 2.33. The molecule has 0 aliphatic heterocycles. The van der Waals surface area contributed by atoms with Crippen LogP contribution in [0.3, 0.4) is 0 Å². The molecule has 0 saturated carbocycles. The van der Waals surface area contributed by atoms with E-state index in [0.29, 0.717) is 23.9 Å². The number of hydrogen-bond donors (Lipinski definition) is 0. The maximum absolute atomic E-state index is 12.9. The molecule has 1 aromatic rings. The van der Waals surface area contributed by atoms with Crippen molar-refractivity contribution >= 4 is 11.9 Å². The fraction of sp³-hybridized carbons (Fsp3) is 0.739. The van der Waals surface area contributed by atoms with Gasteiger partial charge in [0.05, 0.1) is 14.1 Å². The number of benzene rings is 1. The van der Waals surface area contributed by atoms with Crippen LogP contribution in [-0.4, -0.2) is 49.8 Å². The minimum Gasteiger partial charge on any atom is -0.461 e. The second kappa shape index (κ2) is 33.4. The Labute approximate surface area is 315 Å². The highest BCUT2D eigenvalue weighted by atomic mass is 16.6. The number of likely N-dealkylation sites (N-methyl/N-ethyl adjacent to an activating group) is 1. The van der Waals surface area contributed by atoms with Gasteiger partial charge in [-0.2, -0.15) is 0 Å². The van der Waals surface area contributed by atoms with E-state index < -0.39 is 6.10 Å². The lowest BCUT2D eigenvalue weighted by Crippen LogP contribution is -2.47. The molecule has 5 nitrogen and oxygen atoms in total. The van der Waals surface area contributed by atoms with Crippen LogP contribution in [0, 0.1) is 0 Å². The molecule has 1 unspecified atom stereocenters. The first-order valence-electron chi connectivity index (χ1n) is 21.4.